The standard InChI is InChI=1S/C33H35N3O9S/c34-23(33(42)43)12-14-28(38)36-24(32(41)35-17-29(39)40)19-46-31-22-16-20(8-5-15-44-18-21-6-2-1-3-7-21)11-13-26(22)45-27-10-4-9-25(37)30(27)31/h1-3,6-7,11,13,16,23-24,31H,4,9-10,12,14-15,17-19,34H2,(H,35,41)(H,36,38)(H,39,40)(H,42,43)/t23-,24-,31?/m0/s1. The van der Waals surface area contributed by atoms with Crippen LogP contribution in [0, 0.1) is 11.8 Å². The molecule has 0 fully saturated rings. The molecule has 0 saturated carbocycles. The number of hydrogen-bond donors (Lipinski definition) is 5. The topological polar surface area (TPSA) is 194 Å². The quantitative estimate of drug-likeness (QED) is 0.149. The second-order valence-electron chi connectivity index (χ2n) is 10.7. The first-order valence-corrected chi connectivity index (χ1v) is 15.7. The van der Waals surface area contributed by atoms with E-state index >= 15 is 0 Å². The van der Waals surface area contributed by atoms with Crippen LogP contribution in [-0.4, -0.2) is 70.7 Å². The number of fused-ring (bicyclic) bond motifs is 1. The first-order valence-electron chi connectivity index (χ1n) is 14.7. The first-order chi connectivity index (χ1) is 22.1. The molecule has 0 radical (unpaired) electrons. The highest BCUT2D eigenvalue weighted by atomic mass is 32.2. The Balaban J connectivity index is 1.52. The van der Waals surface area contributed by atoms with Crippen LogP contribution in [0.25, 0.3) is 0 Å². The van der Waals surface area contributed by atoms with Gasteiger partial charge in [0.25, 0.3) is 0 Å². The molecule has 2 amide bonds. The van der Waals surface area contributed by atoms with Crippen molar-refractivity contribution in [3.8, 4) is 17.6 Å². The zero-order valence-corrected chi connectivity index (χ0v) is 25.8. The molecule has 3 atom stereocenters. The van der Waals surface area contributed by atoms with E-state index in [0.29, 0.717) is 54.1 Å². The largest absolute Gasteiger partial charge is 0.480 e. The summed E-state index contributed by atoms with van der Waals surface area (Å²) in [6, 6.07) is 12.7. The normalized spacial score (nSPS) is 16.5. The summed E-state index contributed by atoms with van der Waals surface area (Å²) in [6.45, 7) is -0.0290. The van der Waals surface area contributed by atoms with Crippen molar-refractivity contribution in [1.29, 1.82) is 0 Å². The molecule has 0 saturated heterocycles. The third kappa shape index (κ3) is 9.68. The monoisotopic (exact) mass is 649 g/mol. The number of Topliss-reactive ketones (excluding diaryl/α,β-unsaturated/α-hetero) is 1. The molecular formula is C33H35N3O9S. The van der Waals surface area contributed by atoms with Gasteiger partial charge in [0.1, 0.15) is 36.7 Å². The van der Waals surface area contributed by atoms with Gasteiger partial charge < -0.3 is 36.1 Å². The molecule has 1 unspecified atom stereocenters. The molecule has 2 aliphatic rings. The SMILES string of the molecule is N[C@@H](CCC(=O)N[C@@H](CSC1C2=C(CCCC2=O)Oc2ccc(C#CCOCc3ccccc3)cc21)C(=O)NCC(=O)O)C(=O)O. The molecule has 13 heteroatoms. The lowest BCUT2D eigenvalue weighted by Gasteiger charge is -2.33. The Morgan fingerprint density at radius 1 is 1.11 bits per heavy atom. The fourth-order valence-corrected chi connectivity index (χ4v) is 6.30. The van der Waals surface area contributed by atoms with Crippen molar-refractivity contribution in [3.63, 3.8) is 0 Å². The molecule has 0 aromatic heterocycles. The number of hydrogen-bond acceptors (Lipinski definition) is 9. The number of carboxylic acids is 2. The van der Waals surface area contributed by atoms with Gasteiger partial charge in [-0.15, -0.1) is 11.8 Å². The number of ketones is 1. The fourth-order valence-electron chi connectivity index (χ4n) is 4.89. The molecule has 46 heavy (non-hydrogen) atoms. The molecule has 2 aromatic carbocycles. The summed E-state index contributed by atoms with van der Waals surface area (Å²) in [6.07, 6.45) is 1.14. The molecular weight excluding hydrogens is 614 g/mol. The third-order valence-corrected chi connectivity index (χ3v) is 8.56. The van der Waals surface area contributed by atoms with Crippen molar-refractivity contribution in [2.75, 3.05) is 18.9 Å². The van der Waals surface area contributed by atoms with Crippen molar-refractivity contribution >= 4 is 41.3 Å². The van der Waals surface area contributed by atoms with Gasteiger partial charge in [0.15, 0.2) is 5.78 Å². The molecule has 4 rings (SSSR count). The average molecular weight is 650 g/mol. The second kappa shape index (κ2) is 16.6. The maximum Gasteiger partial charge on any atom is 0.322 e. The molecule has 1 aliphatic carbocycles. The van der Waals surface area contributed by atoms with Crippen LogP contribution >= 0.6 is 11.8 Å². The number of carbonyl (C=O) groups is 5. The summed E-state index contributed by atoms with van der Waals surface area (Å²) in [5, 5.41) is 22.3. The van der Waals surface area contributed by atoms with Crippen molar-refractivity contribution in [3.05, 3.63) is 76.6 Å². The van der Waals surface area contributed by atoms with E-state index in [4.69, 9.17) is 25.4 Å². The van der Waals surface area contributed by atoms with Crippen LogP contribution in [0.5, 0.6) is 5.75 Å². The highest BCUT2D eigenvalue weighted by molar-refractivity contribution is 7.99. The minimum Gasteiger partial charge on any atom is -0.480 e. The van der Waals surface area contributed by atoms with Crippen molar-refractivity contribution in [2.24, 2.45) is 5.73 Å². The first kappa shape index (κ1) is 34.2. The van der Waals surface area contributed by atoms with E-state index in [1.165, 1.54) is 11.8 Å². The molecule has 242 valence electrons. The Morgan fingerprint density at radius 3 is 2.63 bits per heavy atom. The van der Waals surface area contributed by atoms with E-state index in [2.05, 4.69) is 22.5 Å². The number of aliphatic carboxylic acids is 2. The minimum atomic E-state index is -1.27. The van der Waals surface area contributed by atoms with Crippen molar-refractivity contribution in [2.45, 2.75) is 56.0 Å². The van der Waals surface area contributed by atoms with Crippen LogP contribution < -0.4 is 21.1 Å². The molecule has 1 aliphatic heterocycles. The zero-order chi connectivity index (χ0) is 33.1. The Hall–Kier alpha value is -4.64. The lowest BCUT2D eigenvalue weighted by molar-refractivity contribution is -0.139. The number of amides is 2. The van der Waals surface area contributed by atoms with Gasteiger partial charge >= 0.3 is 11.9 Å². The van der Waals surface area contributed by atoms with Gasteiger partial charge in [0.05, 0.1) is 17.4 Å². The smallest absolute Gasteiger partial charge is 0.322 e. The van der Waals surface area contributed by atoms with E-state index < -0.39 is 47.6 Å². The zero-order valence-electron chi connectivity index (χ0n) is 25.0. The van der Waals surface area contributed by atoms with Crippen LogP contribution in [0.15, 0.2) is 59.9 Å². The van der Waals surface area contributed by atoms with E-state index in [-0.39, 0.29) is 31.0 Å². The molecule has 12 nitrogen and oxygen atoms in total. The highest BCUT2D eigenvalue weighted by Gasteiger charge is 2.37. The summed E-state index contributed by atoms with van der Waals surface area (Å²) in [7, 11) is 0. The van der Waals surface area contributed by atoms with Crippen molar-refractivity contribution < 1.29 is 43.7 Å². The summed E-state index contributed by atoms with van der Waals surface area (Å²) in [5.74, 6) is 3.21. The Morgan fingerprint density at radius 2 is 1.89 bits per heavy atom. The summed E-state index contributed by atoms with van der Waals surface area (Å²) >= 11 is 1.24. The number of carboxylic acid groups (broad SMARTS) is 2. The number of carbonyl (C=O) groups excluding carboxylic acids is 3. The third-order valence-electron chi connectivity index (χ3n) is 7.21. The van der Waals surface area contributed by atoms with Crippen LogP contribution in [0.3, 0.4) is 0 Å². The summed E-state index contributed by atoms with van der Waals surface area (Å²) in [5.41, 5.74) is 8.37. The van der Waals surface area contributed by atoms with Gasteiger partial charge in [-0.1, -0.05) is 42.2 Å². The van der Waals surface area contributed by atoms with Gasteiger partial charge in [-0.2, -0.15) is 0 Å². The van der Waals surface area contributed by atoms with E-state index in [9.17, 15) is 24.0 Å². The summed E-state index contributed by atoms with van der Waals surface area (Å²) in [4.78, 5) is 60.9. The van der Waals surface area contributed by atoms with Gasteiger partial charge in [-0.25, -0.2) is 0 Å². The molecule has 1 heterocycles. The Labute approximate surface area is 270 Å². The molecule has 2 aromatic rings. The predicted molar refractivity (Wildman–Crippen MR) is 169 cm³/mol. The maximum atomic E-state index is 13.2. The van der Waals surface area contributed by atoms with Crippen LogP contribution in [-0.2, 0) is 35.3 Å². The van der Waals surface area contributed by atoms with E-state index in [1.807, 2.05) is 42.5 Å². The average Bonchev–Trinajstić information content (AvgIpc) is 3.04. The predicted octanol–water partition coefficient (Wildman–Crippen LogP) is 2.31. The number of allylic oxidation sites excluding steroid dienone is 1. The number of rotatable bonds is 14. The van der Waals surface area contributed by atoms with E-state index in [1.54, 1.807) is 6.07 Å². The Bertz CT molecular complexity index is 1560. The number of nitrogens with one attached hydrogen (secondary N) is 2. The highest BCUT2D eigenvalue weighted by Crippen LogP contribution is 2.49. The minimum absolute atomic E-state index is 0.0282. The lowest BCUT2D eigenvalue weighted by atomic mass is 9.88. The Kier molecular flexibility index (Phi) is 12.4. The number of thioether (sulfide) groups is 1. The van der Waals surface area contributed by atoms with Gasteiger partial charge in [-0.05, 0) is 36.6 Å². The maximum absolute atomic E-state index is 13.2. The summed E-state index contributed by atoms with van der Waals surface area (Å²) < 4.78 is 11.8. The van der Waals surface area contributed by atoms with Crippen LogP contribution in [0.4, 0.5) is 0 Å². The molecule has 6 N–H and O–H groups in total. The molecule has 0 spiro atoms. The van der Waals surface area contributed by atoms with Crippen molar-refractivity contribution in [1.82, 2.24) is 10.6 Å². The number of benzene rings is 2. The lowest BCUT2D eigenvalue weighted by Crippen LogP contribution is -2.49. The molecule has 0 bridgehead atoms. The number of ether oxygens (including phenoxy) is 2. The van der Waals surface area contributed by atoms with E-state index in [0.717, 1.165) is 5.56 Å². The van der Waals surface area contributed by atoms with Crippen LogP contribution in [0.1, 0.15) is 54.0 Å². The number of nitrogens with two attached hydrogens (primary N) is 1. The van der Waals surface area contributed by atoms with Crippen LogP contribution in [0.2, 0.25) is 0 Å². The van der Waals surface area contributed by atoms with Gasteiger partial charge in [0.2, 0.25) is 11.8 Å². The fraction of sp³-hybridized carbons (Fsp3) is 0.364. The van der Waals surface area contributed by atoms with Gasteiger partial charge in [-0.3, -0.25) is 24.0 Å². The van der Waals surface area contributed by atoms with Gasteiger partial charge in [0, 0.05) is 36.1 Å². The second-order valence-corrected chi connectivity index (χ2v) is 11.8.